The van der Waals surface area contributed by atoms with Gasteiger partial charge in [-0.1, -0.05) is 35.4 Å². The van der Waals surface area contributed by atoms with Crippen LogP contribution in [0.15, 0.2) is 23.8 Å². The van der Waals surface area contributed by atoms with Crippen LogP contribution in [0.5, 0.6) is 0 Å². The van der Waals surface area contributed by atoms with Crippen LogP contribution in [0.25, 0.3) is 6.08 Å². The van der Waals surface area contributed by atoms with Crippen molar-refractivity contribution in [2.24, 2.45) is 0 Å². The number of halogens is 3. The van der Waals surface area contributed by atoms with Gasteiger partial charge in [-0.05, 0) is 31.7 Å². The molecule has 1 aliphatic rings. The van der Waals surface area contributed by atoms with Crippen LogP contribution in [0.4, 0.5) is 8.78 Å². The molecular weight excluding hydrogens is 230 g/mol. The number of alkyl halides is 1. The lowest BCUT2D eigenvalue weighted by atomic mass is 9.92. The molecule has 0 bridgehead atoms. The van der Waals surface area contributed by atoms with Crippen molar-refractivity contribution in [3.8, 4) is 0 Å². The first-order valence-corrected chi connectivity index (χ1v) is 5.82. The van der Waals surface area contributed by atoms with Crippen LogP contribution < -0.4 is 0 Å². The van der Waals surface area contributed by atoms with E-state index in [1.54, 1.807) is 18.2 Å². The number of allylic oxidation sites excluding steroid dienone is 1. The van der Waals surface area contributed by atoms with Gasteiger partial charge < -0.3 is 0 Å². The summed E-state index contributed by atoms with van der Waals surface area (Å²) >= 11 is 5.69. The molecule has 3 heteroatoms. The Labute approximate surface area is 98.9 Å². The van der Waals surface area contributed by atoms with Gasteiger partial charge in [-0.3, -0.25) is 0 Å². The molecule has 1 aliphatic carbocycles. The third kappa shape index (κ3) is 2.62. The third-order valence-corrected chi connectivity index (χ3v) is 3.19. The second-order valence-corrected chi connectivity index (χ2v) is 4.53. The van der Waals surface area contributed by atoms with Crippen molar-refractivity contribution in [2.75, 3.05) is 0 Å². The number of hydrogen-bond donors (Lipinski definition) is 0. The molecule has 0 nitrogen and oxygen atoms in total. The van der Waals surface area contributed by atoms with Gasteiger partial charge >= 0.3 is 0 Å². The summed E-state index contributed by atoms with van der Waals surface area (Å²) in [7, 11) is 0. The second kappa shape index (κ2) is 4.96. The first kappa shape index (κ1) is 11.6. The Morgan fingerprint density at radius 1 is 1.25 bits per heavy atom. The minimum Gasteiger partial charge on any atom is -0.247 e. The molecule has 0 aliphatic heterocycles. The monoisotopic (exact) mass is 242 g/mol. The summed E-state index contributed by atoms with van der Waals surface area (Å²) in [5.41, 5.74) is 1.61. The first-order chi connectivity index (χ1) is 7.66. The summed E-state index contributed by atoms with van der Waals surface area (Å²) in [6.07, 6.45) is 3.64. The van der Waals surface area contributed by atoms with E-state index in [-0.39, 0.29) is 10.8 Å². The molecule has 0 aromatic heterocycles. The number of hydrogen-bond acceptors (Lipinski definition) is 0. The largest absolute Gasteiger partial charge is 0.247 e. The topological polar surface area (TPSA) is 0 Å². The molecule has 0 N–H and O–H groups in total. The van der Waals surface area contributed by atoms with Crippen molar-refractivity contribution in [2.45, 2.75) is 31.9 Å². The summed E-state index contributed by atoms with van der Waals surface area (Å²) in [4.78, 5) is 0. The Morgan fingerprint density at radius 3 is 2.62 bits per heavy atom. The molecule has 0 heterocycles. The molecule has 0 atom stereocenters. The molecule has 1 fully saturated rings. The molecule has 0 spiro atoms. The highest BCUT2D eigenvalue weighted by Gasteiger charge is 2.15. The van der Waals surface area contributed by atoms with Gasteiger partial charge in [0.2, 0.25) is 0 Å². The zero-order valence-electron chi connectivity index (χ0n) is 8.85. The second-order valence-electron chi connectivity index (χ2n) is 4.12. The lowest BCUT2D eigenvalue weighted by Crippen LogP contribution is -2.07. The predicted octanol–water partition coefficient (Wildman–Crippen LogP) is 4.77. The van der Waals surface area contributed by atoms with E-state index in [9.17, 15) is 8.78 Å². The van der Waals surface area contributed by atoms with Gasteiger partial charge in [0.05, 0.1) is 5.02 Å². The van der Waals surface area contributed by atoms with Crippen LogP contribution in [0.1, 0.15) is 31.2 Å². The molecular formula is C13H13ClF2. The fourth-order valence-electron chi connectivity index (χ4n) is 1.95. The zero-order valence-corrected chi connectivity index (χ0v) is 9.61. The maximum absolute atomic E-state index is 13.6. The molecule has 1 aromatic rings. The normalized spacial score (nSPS) is 20.9. The average Bonchev–Trinajstić information content (AvgIpc) is 2.28. The summed E-state index contributed by atoms with van der Waals surface area (Å²) in [5.74, 6) is -0.390. The lowest BCUT2D eigenvalue weighted by molar-refractivity contribution is 0.277. The molecule has 2 rings (SSSR count). The first-order valence-electron chi connectivity index (χ1n) is 5.44. The van der Waals surface area contributed by atoms with Crippen molar-refractivity contribution >= 4 is 17.7 Å². The summed E-state index contributed by atoms with van der Waals surface area (Å²) in [5, 5.41) is 0.133. The van der Waals surface area contributed by atoms with E-state index >= 15 is 0 Å². The minimum absolute atomic E-state index is 0.133. The standard InChI is InChI=1S/C13H13ClF2/c14-12-3-1-2-10(13(12)16)8-9-4-6-11(15)7-5-9/h1-3,8,11H,4-7H2. The van der Waals surface area contributed by atoms with Crippen molar-refractivity contribution in [3.05, 3.63) is 40.2 Å². The lowest BCUT2D eigenvalue weighted by Gasteiger charge is -2.17. The van der Waals surface area contributed by atoms with Crippen LogP contribution in [0.3, 0.4) is 0 Å². The van der Waals surface area contributed by atoms with Crippen LogP contribution in [0, 0.1) is 5.82 Å². The van der Waals surface area contributed by atoms with E-state index < -0.39 is 6.17 Å². The Morgan fingerprint density at radius 2 is 1.94 bits per heavy atom. The van der Waals surface area contributed by atoms with E-state index in [4.69, 9.17) is 11.6 Å². The van der Waals surface area contributed by atoms with Crippen LogP contribution in [-0.2, 0) is 0 Å². The molecule has 0 saturated heterocycles. The highest BCUT2D eigenvalue weighted by molar-refractivity contribution is 6.30. The Balaban J connectivity index is 2.19. The molecule has 0 radical (unpaired) electrons. The van der Waals surface area contributed by atoms with E-state index in [1.807, 2.05) is 0 Å². The van der Waals surface area contributed by atoms with E-state index in [0.717, 1.165) is 5.57 Å². The molecule has 1 aromatic carbocycles. The van der Waals surface area contributed by atoms with E-state index in [0.29, 0.717) is 31.2 Å². The van der Waals surface area contributed by atoms with Crippen molar-refractivity contribution in [1.29, 1.82) is 0 Å². The van der Waals surface area contributed by atoms with Gasteiger partial charge in [-0.2, -0.15) is 0 Å². The van der Waals surface area contributed by atoms with E-state index in [1.165, 1.54) is 6.07 Å². The van der Waals surface area contributed by atoms with Gasteiger partial charge in [-0.25, -0.2) is 8.78 Å². The fourth-order valence-corrected chi connectivity index (χ4v) is 2.13. The van der Waals surface area contributed by atoms with Gasteiger partial charge in [0.15, 0.2) is 0 Å². The summed E-state index contributed by atoms with van der Waals surface area (Å²) < 4.78 is 26.5. The third-order valence-electron chi connectivity index (χ3n) is 2.90. The van der Waals surface area contributed by atoms with Gasteiger partial charge in [0, 0.05) is 5.56 Å². The highest BCUT2D eigenvalue weighted by atomic mass is 35.5. The summed E-state index contributed by atoms with van der Waals surface area (Å²) in [6.45, 7) is 0. The van der Waals surface area contributed by atoms with Gasteiger partial charge in [-0.15, -0.1) is 0 Å². The summed E-state index contributed by atoms with van der Waals surface area (Å²) in [6, 6.07) is 4.94. The van der Waals surface area contributed by atoms with Crippen LogP contribution >= 0.6 is 11.6 Å². The quantitative estimate of drug-likeness (QED) is 0.665. The maximum Gasteiger partial charge on any atom is 0.148 e. The molecule has 16 heavy (non-hydrogen) atoms. The van der Waals surface area contributed by atoms with Crippen molar-refractivity contribution < 1.29 is 8.78 Å². The minimum atomic E-state index is -0.693. The van der Waals surface area contributed by atoms with Crippen LogP contribution in [0.2, 0.25) is 5.02 Å². The molecule has 86 valence electrons. The average molecular weight is 243 g/mol. The Kier molecular flexibility index (Phi) is 3.59. The molecule has 0 unspecified atom stereocenters. The van der Waals surface area contributed by atoms with E-state index in [2.05, 4.69) is 0 Å². The predicted molar refractivity (Wildman–Crippen MR) is 62.8 cm³/mol. The highest BCUT2D eigenvalue weighted by Crippen LogP contribution is 2.28. The molecule has 1 saturated carbocycles. The fraction of sp³-hybridized carbons (Fsp3) is 0.385. The Hall–Kier alpha value is -0.890. The van der Waals surface area contributed by atoms with Gasteiger partial charge in [0.1, 0.15) is 12.0 Å². The Bertz CT molecular complexity index is 402. The van der Waals surface area contributed by atoms with Crippen molar-refractivity contribution in [3.63, 3.8) is 0 Å². The number of rotatable bonds is 1. The maximum atomic E-state index is 13.6. The SMILES string of the molecule is Fc1c(Cl)cccc1C=C1CCC(F)CC1. The smallest absolute Gasteiger partial charge is 0.148 e. The molecule has 0 amide bonds. The van der Waals surface area contributed by atoms with Crippen molar-refractivity contribution in [1.82, 2.24) is 0 Å². The number of benzene rings is 1. The zero-order chi connectivity index (χ0) is 11.5. The van der Waals surface area contributed by atoms with Gasteiger partial charge in [0.25, 0.3) is 0 Å². The van der Waals surface area contributed by atoms with Crippen LogP contribution in [-0.4, -0.2) is 6.17 Å².